The van der Waals surface area contributed by atoms with Crippen molar-refractivity contribution in [2.24, 2.45) is 5.92 Å². The lowest BCUT2D eigenvalue weighted by Crippen LogP contribution is -2.43. The Hall–Kier alpha value is -2.80. The molecule has 1 unspecified atom stereocenters. The number of piperidine rings is 1. The molecule has 2 heterocycles. The van der Waals surface area contributed by atoms with E-state index in [9.17, 15) is 9.18 Å². The van der Waals surface area contributed by atoms with Gasteiger partial charge in [0.05, 0.1) is 5.92 Å². The van der Waals surface area contributed by atoms with Gasteiger partial charge in [-0.3, -0.25) is 4.79 Å². The van der Waals surface area contributed by atoms with E-state index in [1.807, 2.05) is 35.2 Å². The van der Waals surface area contributed by atoms with Crippen LogP contribution in [-0.4, -0.2) is 29.0 Å². The van der Waals surface area contributed by atoms with Gasteiger partial charge >= 0.3 is 0 Å². The van der Waals surface area contributed by atoms with Gasteiger partial charge in [0.15, 0.2) is 0 Å². The number of nitrogens with zero attached hydrogens (tertiary/aromatic N) is 3. The van der Waals surface area contributed by atoms with Crippen molar-refractivity contribution >= 4 is 27.8 Å². The standard InChI is InChI=1S/C23H22BrFN4O/c24-20-8-6-16(7-9-20)12-26-22(30)18-4-2-10-29(15-18)23-27-13-19(14-28-23)17-3-1-5-21(25)11-17/h1,3,5-9,11,13-14,18H,2,4,10,12,15H2,(H,26,30). The molecular weight excluding hydrogens is 447 g/mol. The first kappa shape index (κ1) is 20.5. The Morgan fingerprint density at radius 2 is 1.90 bits per heavy atom. The molecule has 0 radical (unpaired) electrons. The highest BCUT2D eigenvalue weighted by atomic mass is 79.9. The molecule has 0 bridgehead atoms. The number of amides is 1. The minimum atomic E-state index is -0.287. The predicted octanol–water partition coefficient (Wildman–Crippen LogP) is 4.58. The molecule has 4 rings (SSSR count). The van der Waals surface area contributed by atoms with Crippen molar-refractivity contribution in [1.82, 2.24) is 15.3 Å². The Morgan fingerprint density at radius 1 is 1.13 bits per heavy atom. The maximum absolute atomic E-state index is 13.4. The average Bonchev–Trinajstić information content (AvgIpc) is 2.79. The van der Waals surface area contributed by atoms with Gasteiger partial charge in [0.2, 0.25) is 11.9 Å². The summed E-state index contributed by atoms with van der Waals surface area (Å²) in [5, 5.41) is 3.04. The largest absolute Gasteiger partial charge is 0.352 e. The lowest BCUT2D eigenvalue weighted by molar-refractivity contribution is -0.125. The molecule has 1 fully saturated rings. The van der Waals surface area contributed by atoms with Crippen LogP contribution in [0.15, 0.2) is 65.4 Å². The molecule has 2 aromatic carbocycles. The molecule has 1 amide bonds. The topological polar surface area (TPSA) is 58.1 Å². The zero-order valence-corrected chi connectivity index (χ0v) is 18.0. The highest BCUT2D eigenvalue weighted by Gasteiger charge is 2.27. The fourth-order valence-electron chi connectivity index (χ4n) is 3.61. The summed E-state index contributed by atoms with van der Waals surface area (Å²) >= 11 is 3.42. The molecule has 3 aromatic rings. The lowest BCUT2D eigenvalue weighted by Gasteiger charge is -2.32. The normalized spacial score (nSPS) is 16.3. The highest BCUT2D eigenvalue weighted by molar-refractivity contribution is 9.10. The molecule has 5 nitrogen and oxygen atoms in total. The Labute approximate surface area is 183 Å². The summed E-state index contributed by atoms with van der Waals surface area (Å²) in [4.78, 5) is 23.6. The molecule has 0 saturated carbocycles. The first-order valence-electron chi connectivity index (χ1n) is 9.93. The zero-order chi connectivity index (χ0) is 20.9. The van der Waals surface area contributed by atoms with Gasteiger partial charge in [-0.2, -0.15) is 0 Å². The molecule has 1 aliphatic heterocycles. The second-order valence-corrected chi connectivity index (χ2v) is 8.33. The third-order valence-electron chi connectivity index (χ3n) is 5.25. The molecule has 30 heavy (non-hydrogen) atoms. The summed E-state index contributed by atoms with van der Waals surface area (Å²) in [5.41, 5.74) is 2.57. The van der Waals surface area contributed by atoms with Gasteiger partial charge in [-0.25, -0.2) is 14.4 Å². The van der Waals surface area contributed by atoms with Crippen molar-refractivity contribution < 1.29 is 9.18 Å². The highest BCUT2D eigenvalue weighted by Crippen LogP contribution is 2.23. The third kappa shape index (κ3) is 5.02. The molecule has 0 spiro atoms. The van der Waals surface area contributed by atoms with Crippen LogP contribution in [-0.2, 0) is 11.3 Å². The van der Waals surface area contributed by atoms with Crippen molar-refractivity contribution in [2.75, 3.05) is 18.0 Å². The van der Waals surface area contributed by atoms with Crippen molar-refractivity contribution in [2.45, 2.75) is 19.4 Å². The minimum Gasteiger partial charge on any atom is -0.352 e. The van der Waals surface area contributed by atoms with E-state index in [-0.39, 0.29) is 17.6 Å². The van der Waals surface area contributed by atoms with Crippen LogP contribution in [0.1, 0.15) is 18.4 Å². The summed E-state index contributed by atoms with van der Waals surface area (Å²) in [6, 6.07) is 14.3. The first-order chi connectivity index (χ1) is 14.6. The molecule has 154 valence electrons. The smallest absolute Gasteiger partial charge is 0.225 e. The second-order valence-electron chi connectivity index (χ2n) is 7.41. The molecule has 1 N–H and O–H groups in total. The summed E-state index contributed by atoms with van der Waals surface area (Å²) < 4.78 is 14.5. The maximum atomic E-state index is 13.4. The fraction of sp³-hybridized carbons (Fsp3) is 0.261. The van der Waals surface area contributed by atoms with Crippen LogP contribution in [0.2, 0.25) is 0 Å². The Bertz CT molecular complexity index is 1010. The van der Waals surface area contributed by atoms with Crippen LogP contribution >= 0.6 is 15.9 Å². The number of benzene rings is 2. The number of carbonyl (C=O) groups excluding carboxylic acids is 1. The van der Waals surface area contributed by atoms with Crippen LogP contribution in [0.25, 0.3) is 11.1 Å². The zero-order valence-electron chi connectivity index (χ0n) is 16.4. The average molecular weight is 469 g/mol. The van der Waals surface area contributed by atoms with Crippen molar-refractivity contribution in [3.05, 3.63) is 76.8 Å². The number of aromatic nitrogens is 2. The molecular formula is C23H22BrFN4O. The van der Waals surface area contributed by atoms with Crippen molar-refractivity contribution in [1.29, 1.82) is 0 Å². The van der Waals surface area contributed by atoms with Gasteiger partial charge in [-0.05, 0) is 48.2 Å². The number of anilines is 1. The summed E-state index contributed by atoms with van der Waals surface area (Å²) in [7, 11) is 0. The molecule has 1 aromatic heterocycles. The van der Waals surface area contributed by atoms with Gasteiger partial charge in [-0.15, -0.1) is 0 Å². The van der Waals surface area contributed by atoms with E-state index in [1.54, 1.807) is 18.5 Å². The van der Waals surface area contributed by atoms with Crippen LogP contribution in [0, 0.1) is 11.7 Å². The molecule has 1 saturated heterocycles. The molecule has 1 aliphatic rings. The Balaban J connectivity index is 1.37. The summed E-state index contributed by atoms with van der Waals surface area (Å²) in [6.07, 6.45) is 5.16. The van der Waals surface area contributed by atoms with E-state index in [1.165, 1.54) is 12.1 Å². The fourth-order valence-corrected chi connectivity index (χ4v) is 3.87. The third-order valence-corrected chi connectivity index (χ3v) is 5.78. The van der Waals surface area contributed by atoms with Gasteiger partial charge in [0.25, 0.3) is 0 Å². The Kier molecular flexibility index (Phi) is 6.38. The summed E-state index contributed by atoms with van der Waals surface area (Å²) in [5.74, 6) is 0.268. The SMILES string of the molecule is O=C(NCc1ccc(Br)cc1)C1CCCN(c2ncc(-c3cccc(F)c3)cn2)C1. The van der Waals surface area contributed by atoms with Gasteiger partial charge in [0, 0.05) is 42.1 Å². The number of rotatable bonds is 5. The van der Waals surface area contributed by atoms with Gasteiger partial charge in [-0.1, -0.05) is 40.2 Å². The van der Waals surface area contributed by atoms with Gasteiger partial charge < -0.3 is 10.2 Å². The Morgan fingerprint density at radius 3 is 2.63 bits per heavy atom. The van der Waals surface area contributed by atoms with E-state index in [2.05, 4.69) is 31.2 Å². The number of nitrogens with one attached hydrogen (secondary N) is 1. The number of hydrogen-bond donors (Lipinski definition) is 1. The maximum Gasteiger partial charge on any atom is 0.225 e. The predicted molar refractivity (Wildman–Crippen MR) is 118 cm³/mol. The minimum absolute atomic E-state index is 0.0546. The van der Waals surface area contributed by atoms with E-state index in [0.29, 0.717) is 19.0 Å². The number of halogens is 2. The van der Waals surface area contributed by atoms with Crippen molar-refractivity contribution in [3.63, 3.8) is 0 Å². The van der Waals surface area contributed by atoms with E-state index in [0.717, 1.165) is 40.5 Å². The molecule has 7 heteroatoms. The van der Waals surface area contributed by atoms with Crippen LogP contribution in [0.5, 0.6) is 0 Å². The monoisotopic (exact) mass is 468 g/mol. The number of carbonyl (C=O) groups is 1. The van der Waals surface area contributed by atoms with E-state index < -0.39 is 0 Å². The van der Waals surface area contributed by atoms with Crippen LogP contribution in [0.4, 0.5) is 10.3 Å². The first-order valence-corrected chi connectivity index (χ1v) is 10.7. The van der Waals surface area contributed by atoms with E-state index in [4.69, 9.17) is 0 Å². The van der Waals surface area contributed by atoms with Gasteiger partial charge in [0.1, 0.15) is 5.82 Å². The summed E-state index contributed by atoms with van der Waals surface area (Å²) in [6.45, 7) is 1.92. The molecule has 0 aliphatic carbocycles. The second kappa shape index (κ2) is 9.34. The van der Waals surface area contributed by atoms with E-state index >= 15 is 0 Å². The number of hydrogen-bond acceptors (Lipinski definition) is 4. The lowest BCUT2D eigenvalue weighted by atomic mass is 9.97. The van der Waals surface area contributed by atoms with Crippen molar-refractivity contribution in [3.8, 4) is 11.1 Å². The molecule has 1 atom stereocenters. The van der Waals surface area contributed by atoms with Crippen LogP contribution in [0.3, 0.4) is 0 Å². The van der Waals surface area contributed by atoms with Crippen LogP contribution < -0.4 is 10.2 Å². The quantitative estimate of drug-likeness (QED) is 0.595.